The predicted molar refractivity (Wildman–Crippen MR) is 121 cm³/mol. The molecule has 1 aromatic heterocycles. The molecule has 0 radical (unpaired) electrons. The molecule has 0 spiro atoms. The van der Waals surface area contributed by atoms with E-state index in [1.165, 1.54) is 47.6 Å². The summed E-state index contributed by atoms with van der Waals surface area (Å²) >= 11 is 0. The van der Waals surface area contributed by atoms with Crippen molar-refractivity contribution in [2.75, 3.05) is 31.5 Å². The van der Waals surface area contributed by atoms with E-state index in [0.717, 1.165) is 0 Å². The quantitative estimate of drug-likeness (QED) is 0.621. The van der Waals surface area contributed by atoms with Crippen molar-refractivity contribution in [3.05, 3.63) is 78.4 Å². The van der Waals surface area contributed by atoms with E-state index < -0.39 is 21.7 Å². The van der Waals surface area contributed by atoms with Gasteiger partial charge in [-0.3, -0.25) is 9.59 Å². The number of amides is 2. The molecular formula is C23H23FN4O4S. The summed E-state index contributed by atoms with van der Waals surface area (Å²) in [5.41, 5.74) is 0.738. The van der Waals surface area contributed by atoms with Crippen LogP contribution in [-0.2, 0) is 14.8 Å². The topological polar surface area (TPSA) is 91.7 Å². The summed E-state index contributed by atoms with van der Waals surface area (Å²) < 4.78 is 43.5. The number of hydrogen-bond acceptors (Lipinski definition) is 4. The van der Waals surface area contributed by atoms with Gasteiger partial charge in [-0.25, -0.2) is 12.8 Å². The van der Waals surface area contributed by atoms with Crippen molar-refractivity contribution in [2.24, 2.45) is 0 Å². The van der Waals surface area contributed by atoms with Gasteiger partial charge in [0.05, 0.1) is 10.6 Å². The van der Waals surface area contributed by atoms with E-state index in [9.17, 15) is 22.4 Å². The average Bonchev–Trinajstić information content (AvgIpc) is 3.35. The Kier molecular flexibility index (Phi) is 6.30. The van der Waals surface area contributed by atoms with E-state index in [-0.39, 0.29) is 35.1 Å². The third-order valence-corrected chi connectivity index (χ3v) is 7.41. The number of carbonyl (C=O) groups excluding carboxylic acids is 2. The molecule has 1 saturated heterocycles. The Bertz CT molecular complexity index is 1280. The lowest BCUT2D eigenvalue weighted by atomic mass is 10.2. The van der Waals surface area contributed by atoms with Gasteiger partial charge in [-0.15, -0.1) is 0 Å². The molecule has 1 fully saturated rings. The average molecular weight is 471 g/mol. The van der Waals surface area contributed by atoms with Crippen LogP contribution < -0.4 is 5.32 Å². The molecule has 1 N–H and O–H groups in total. The van der Waals surface area contributed by atoms with Gasteiger partial charge >= 0.3 is 0 Å². The van der Waals surface area contributed by atoms with Gasteiger partial charge in [0.25, 0.3) is 5.91 Å². The van der Waals surface area contributed by atoms with Crippen molar-refractivity contribution in [3.8, 4) is 5.69 Å². The van der Waals surface area contributed by atoms with Gasteiger partial charge in [0.15, 0.2) is 0 Å². The smallest absolute Gasteiger partial charge is 0.255 e. The second-order valence-corrected chi connectivity index (χ2v) is 9.58. The van der Waals surface area contributed by atoms with Gasteiger partial charge < -0.3 is 14.8 Å². The molecule has 2 aromatic carbocycles. The van der Waals surface area contributed by atoms with E-state index in [4.69, 9.17) is 0 Å². The molecule has 0 unspecified atom stereocenters. The minimum Gasteiger partial charge on any atom is -0.340 e. The van der Waals surface area contributed by atoms with Gasteiger partial charge in [-0.2, -0.15) is 4.31 Å². The molecule has 10 heteroatoms. The van der Waals surface area contributed by atoms with Crippen molar-refractivity contribution in [1.82, 2.24) is 13.8 Å². The zero-order valence-electron chi connectivity index (χ0n) is 17.9. The van der Waals surface area contributed by atoms with Gasteiger partial charge in [0, 0.05) is 56.7 Å². The first kappa shape index (κ1) is 22.7. The normalized spacial score (nSPS) is 14.8. The zero-order chi connectivity index (χ0) is 23.6. The van der Waals surface area contributed by atoms with Crippen LogP contribution in [0.25, 0.3) is 5.69 Å². The van der Waals surface area contributed by atoms with Crippen LogP contribution in [0.1, 0.15) is 17.3 Å². The summed E-state index contributed by atoms with van der Waals surface area (Å²) in [5.74, 6) is -1.33. The van der Waals surface area contributed by atoms with Crippen molar-refractivity contribution >= 4 is 27.5 Å². The number of anilines is 1. The van der Waals surface area contributed by atoms with Crippen LogP contribution >= 0.6 is 0 Å². The Labute approximate surface area is 191 Å². The number of halogens is 1. The molecule has 2 amide bonds. The van der Waals surface area contributed by atoms with E-state index in [1.54, 1.807) is 27.9 Å². The third kappa shape index (κ3) is 4.81. The SMILES string of the molecule is CC(=O)N1CCN(S(=O)(=O)c2cccc(C(=O)Nc3cc(-n4cccc4)ccc3F)c2)CC1. The number of benzene rings is 2. The lowest BCUT2D eigenvalue weighted by molar-refractivity contribution is -0.129. The van der Waals surface area contributed by atoms with Crippen LogP contribution in [0.5, 0.6) is 0 Å². The number of nitrogens with zero attached hydrogens (tertiary/aromatic N) is 3. The fraction of sp³-hybridized carbons (Fsp3) is 0.217. The van der Waals surface area contributed by atoms with Crippen LogP contribution in [0.15, 0.2) is 71.9 Å². The summed E-state index contributed by atoms with van der Waals surface area (Å²) in [6.07, 6.45) is 3.59. The molecule has 3 aromatic rings. The fourth-order valence-corrected chi connectivity index (χ4v) is 5.13. The van der Waals surface area contributed by atoms with Crippen LogP contribution in [0.2, 0.25) is 0 Å². The van der Waals surface area contributed by atoms with Crippen LogP contribution in [-0.4, -0.2) is 60.2 Å². The van der Waals surface area contributed by atoms with Crippen LogP contribution in [0.3, 0.4) is 0 Å². The number of rotatable bonds is 5. The molecule has 4 rings (SSSR count). The van der Waals surface area contributed by atoms with Crippen molar-refractivity contribution < 1.29 is 22.4 Å². The van der Waals surface area contributed by atoms with Crippen LogP contribution in [0.4, 0.5) is 10.1 Å². The van der Waals surface area contributed by atoms with Gasteiger partial charge in [0.2, 0.25) is 15.9 Å². The van der Waals surface area contributed by atoms with Crippen molar-refractivity contribution in [2.45, 2.75) is 11.8 Å². The summed E-state index contributed by atoms with van der Waals surface area (Å²) in [4.78, 5) is 25.8. The molecule has 172 valence electrons. The second-order valence-electron chi connectivity index (χ2n) is 7.65. The first-order valence-electron chi connectivity index (χ1n) is 10.4. The van der Waals surface area contributed by atoms with E-state index in [0.29, 0.717) is 18.8 Å². The molecule has 0 bridgehead atoms. The molecule has 0 saturated carbocycles. The molecule has 33 heavy (non-hydrogen) atoms. The number of piperazine rings is 1. The minimum atomic E-state index is -3.85. The summed E-state index contributed by atoms with van der Waals surface area (Å²) in [7, 11) is -3.85. The highest BCUT2D eigenvalue weighted by atomic mass is 32.2. The van der Waals surface area contributed by atoms with E-state index in [2.05, 4.69) is 5.32 Å². The Morgan fingerprint density at radius 1 is 0.939 bits per heavy atom. The van der Waals surface area contributed by atoms with Crippen molar-refractivity contribution in [1.29, 1.82) is 0 Å². The highest BCUT2D eigenvalue weighted by Gasteiger charge is 2.29. The Morgan fingerprint density at radius 3 is 2.30 bits per heavy atom. The first-order chi connectivity index (χ1) is 15.8. The lowest BCUT2D eigenvalue weighted by Crippen LogP contribution is -2.49. The molecule has 8 nitrogen and oxygen atoms in total. The maximum Gasteiger partial charge on any atom is 0.255 e. The molecule has 0 atom stereocenters. The highest BCUT2D eigenvalue weighted by Crippen LogP contribution is 2.22. The molecular weight excluding hydrogens is 447 g/mol. The monoisotopic (exact) mass is 470 g/mol. The molecule has 1 aliphatic rings. The summed E-state index contributed by atoms with van der Waals surface area (Å²) in [6, 6.07) is 13.6. The predicted octanol–water partition coefficient (Wildman–Crippen LogP) is 2.72. The fourth-order valence-electron chi connectivity index (χ4n) is 3.66. The van der Waals surface area contributed by atoms with E-state index >= 15 is 0 Å². The molecule has 2 heterocycles. The van der Waals surface area contributed by atoms with Crippen molar-refractivity contribution in [3.63, 3.8) is 0 Å². The Balaban J connectivity index is 1.53. The number of nitrogens with one attached hydrogen (secondary N) is 1. The van der Waals surface area contributed by atoms with Gasteiger partial charge in [-0.1, -0.05) is 6.07 Å². The summed E-state index contributed by atoms with van der Waals surface area (Å²) in [5, 5.41) is 2.53. The Morgan fingerprint density at radius 2 is 1.64 bits per heavy atom. The zero-order valence-corrected chi connectivity index (χ0v) is 18.8. The molecule has 0 aliphatic carbocycles. The van der Waals surface area contributed by atoms with Crippen LogP contribution in [0, 0.1) is 5.82 Å². The maximum absolute atomic E-state index is 14.3. The maximum atomic E-state index is 14.3. The Hall–Kier alpha value is -3.50. The van der Waals surface area contributed by atoms with Gasteiger partial charge in [-0.05, 0) is 48.5 Å². The number of sulfonamides is 1. The third-order valence-electron chi connectivity index (χ3n) is 5.52. The standard InChI is InChI=1S/C23H23FN4O4S/c1-17(29)26-11-13-28(14-12-26)33(31,32)20-6-4-5-18(15-20)23(30)25-22-16-19(7-8-21(22)24)27-9-2-3-10-27/h2-10,15-16H,11-14H2,1H3,(H,25,30). The minimum absolute atomic E-state index is 0.0141. The lowest BCUT2D eigenvalue weighted by Gasteiger charge is -2.33. The number of carbonyl (C=O) groups is 2. The second kappa shape index (κ2) is 9.16. The number of aromatic nitrogens is 1. The van der Waals surface area contributed by atoms with E-state index in [1.807, 2.05) is 12.1 Å². The number of hydrogen-bond donors (Lipinski definition) is 1. The largest absolute Gasteiger partial charge is 0.340 e. The van der Waals surface area contributed by atoms with Gasteiger partial charge in [0.1, 0.15) is 5.82 Å². The highest BCUT2D eigenvalue weighted by molar-refractivity contribution is 7.89. The first-order valence-corrected chi connectivity index (χ1v) is 11.8. The molecule has 1 aliphatic heterocycles. The summed E-state index contributed by atoms with van der Waals surface area (Å²) in [6.45, 7) is 2.42.